The van der Waals surface area contributed by atoms with Gasteiger partial charge in [0.1, 0.15) is 22.9 Å². The second kappa shape index (κ2) is 11.0. The maximum Gasteiger partial charge on any atom is 0.346 e. The zero-order valence-electron chi connectivity index (χ0n) is 20.8. The van der Waals surface area contributed by atoms with E-state index in [9.17, 15) is 9.18 Å². The third-order valence-electron chi connectivity index (χ3n) is 6.11. The second-order valence-electron chi connectivity index (χ2n) is 8.69. The van der Waals surface area contributed by atoms with Crippen LogP contribution in [-0.2, 0) is 0 Å². The van der Waals surface area contributed by atoms with Gasteiger partial charge in [-0.25, -0.2) is 9.18 Å². The number of alkyl halides is 1. The molecule has 10 heteroatoms. The number of hydrogen-bond acceptors (Lipinski definition) is 6. The third kappa shape index (κ3) is 5.41. The highest BCUT2D eigenvalue weighted by Crippen LogP contribution is 2.39. The van der Waals surface area contributed by atoms with Crippen molar-refractivity contribution < 1.29 is 28.1 Å². The Morgan fingerprint density at radius 2 is 1.52 bits per heavy atom. The Kier molecular flexibility index (Phi) is 6.95. The molecule has 0 atom stereocenters. The molecule has 0 bridgehead atoms. The Morgan fingerprint density at radius 3 is 2.25 bits per heavy atom. The van der Waals surface area contributed by atoms with Crippen LogP contribution in [0.5, 0.6) is 28.7 Å². The predicted octanol–water partition coefficient (Wildman–Crippen LogP) is 7.78. The number of nitrogens with zero attached hydrogens (tertiary/aromatic N) is 2. The predicted molar refractivity (Wildman–Crippen MR) is 148 cm³/mol. The first-order valence-corrected chi connectivity index (χ1v) is 12.6. The average molecular weight is 558 g/mol. The zero-order chi connectivity index (χ0) is 27.5. The van der Waals surface area contributed by atoms with E-state index in [0.29, 0.717) is 45.2 Å². The molecule has 1 amide bonds. The molecule has 5 aromatic rings. The number of carbonyl (C=O) groups is 1. The molecular formula is C30H21ClFN3O5. The summed E-state index contributed by atoms with van der Waals surface area (Å²) in [7, 11) is 0. The van der Waals surface area contributed by atoms with E-state index in [4.69, 9.17) is 30.5 Å². The quantitative estimate of drug-likeness (QED) is 0.220. The first kappa shape index (κ1) is 25.3. The molecule has 8 nitrogen and oxygen atoms in total. The van der Waals surface area contributed by atoms with Gasteiger partial charge in [-0.15, -0.1) is 0 Å². The molecule has 4 aromatic carbocycles. The monoisotopic (exact) mass is 557 g/mol. The lowest BCUT2D eigenvalue weighted by Gasteiger charge is -2.09. The molecule has 1 aliphatic heterocycles. The highest BCUT2D eigenvalue weighted by molar-refractivity contribution is 6.30. The summed E-state index contributed by atoms with van der Waals surface area (Å²) in [6.45, 7) is -0.732. The van der Waals surface area contributed by atoms with Crippen molar-refractivity contribution in [2.24, 2.45) is 0 Å². The SMILES string of the molecule is O=C(Nc1ccc(Oc2ccc(OCF)cc2)cc1)n1cc(-c2ccc3c(c2)OCO3)c(-c2ccc(Cl)cc2)n1. The van der Waals surface area contributed by atoms with Crippen molar-refractivity contribution in [3.8, 4) is 51.1 Å². The van der Waals surface area contributed by atoms with E-state index in [1.54, 1.807) is 66.9 Å². The third-order valence-corrected chi connectivity index (χ3v) is 6.36. The van der Waals surface area contributed by atoms with E-state index in [2.05, 4.69) is 10.4 Å². The summed E-state index contributed by atoms with van der Waals surface area (Å²) in [6, 6.07) is 25.9. The van der Waals surface area contributed by atoms with Crippen LogP contribution < -0.4 is 24.3 Å². The molecule has 200 valence electrons. The lowest BCUT2D eigenvalue weighted by atomic mass is 10.0. The van der Waals surface area contributed by atoms with Crippen molar-refractivity contribution in [1.29, 1.82) is 0 Å². The number of ether oxygens (including phenoxy) is 4. The number of anilines is 1. The Hall–Kier alpha value is -5.02. The van der Waals surface area contributed by atoms with Crippen molar-refractivity contribution >= 4 is 23.3 Å². The van der Waals surface area contributed by atoms with Crippen molar-refractivity contribution in [3.63, 3.8) is 0 Å². The summed E-state index contributed by atoms with van der Waals surface area (Å²) in [5.41, 5.74) is 3.52. The van der Waals surface area contributed by atoms with Gasteiger partial charge in [0.15, 0.2) is 11.5 Å². The van der Waals surface area contributed by atoms with Crippen molar-refractivity contribution in [2.45, 2.75) is 0 Å². The van der Waals surface area contributed by atoms with Gasteiger partial charge in [-0.1, -0.05) is 29.8 Å². The second-order valence-corrected chi connectivity index (χ2v) is 9.13. The highest BCUT2D eigenvalue weighted by Gasteiger charge is 2.20. The van der Waals surface area contributed by atoms with E-state index in [1.165, 1.54) is 4.68 Å². The molecule has 6 rings (SSSR count). The molecule has 0 radical (unpaired) electrons. The molecule has 1 aromatic heterocycles. The maximum atomic E-state index is 13.2. The van der Waals surface area contributed by atoms with Crippen LogP contribution >= 0.6 is 11.6 Å². The fourth-order valence-corrected chi connectivity index (χ4v) is 4.29. The summed E-state index contributed by atoms with van der Waals surface area (Å²) < 4.78 is 35.1. The summed E-state index contributed by atoms with van der Waals surface area (Å²) in [4.78, 5) is 13.2. The summed E-state index contributed by atoms with van der Waals surface area (Å²) in [5, 5.41) is 8.05. The van der Waals surface area contributed by atoms with Crippen LogP contribution in [0, 0.1) is 0 Å². The molecular weight excluding hydrogens is 537 g/mol. The first-order valence-electron chi connectivity index (χ1n) is 12.2. The number of fused-ring (bicyclic) bond motifs is 1. The number of nitrogens with one attached hydrogen (secondary N) is 1. The maximum absolute atomic E-state index is 13.2. The topological polar surface area (TPSA) is 83.8 Å². The van der Waals surface area contributed by atoms with Gasteiger partial charge in [-0.2, -0.15) is 9.78 Å². The number of benzene rings is 4. The Balaban J connectivity index is 1.22. The van der Waals surface area contributed by atoms with Gasteiger partial charge in [-0.05, 0) is 78.4 Å². The molecule has 0 aliphatic carbocycles. The summed E-state index contributed by atoms with van der Waals surface area (Å²) in [5.74, 6) is 2.82. The number of hydrogen-bond donors (Lipinski definition) is 1. The molecule has 0 saturated heterocycles. The standard InChI is InChI=1S/C30H21ClFN3O5/c31-21-4-1-19(2-5-21)29-26(20-3-14-27-28(15-20)39-18-38-27)16-35(34-29)30(36)33-22-6-8-24(9-7-22)40-25-12-10-23(11-13-25)37-17-32/h1-16H,17-18H2,(H,33,36). The molecule has 40 heavy (non-hydrogen) atoms. The molecule has 2 heterocycles. The molecule has 0 fully saturated rings. The van der Waals surface area contributed by atoms with Gasteiger partial charge in [0.25, 0.3) is 0 Å². The van der Waals surface area contributed by atoms with Crippen molar-refractivity contribution in [2.75, 3.05) is 19.0 Å². The van der Waals surface area contributed by atoms with Crippen LogP contribution in [0.2, 0.25) is 5.02 Å². The minimum Gasteiger partial charge on any atom is -0.463 e. The van der Waals surface area contributed by atoms with Crippen molar-refractivity contribution in [3.05, 3.63) is 102 Å². The smallest absolute Gasteiger partial charge is 0.346 e. The molecule has 0 saturated carbocycles. The molecule has 0 unspecified atom stereocenters. The van der Waals surface area contributed by atoms with E-state index in [-0.39, 0.29) is 6.79 Å². The number of halogens is 2. The van der Waals surface area contributed by atoms with Gasteiger partial charge in [-0.3, -0.25) is 0 Å². The van der Waals surface area contributed by atoms with Crippen LogP contribution in [0.3, 0.4) is 0 Å². The molecule has 1 aliphatic rings. The first-order chi connectivity index (χ1) is 19.6. The number of rotatable bonds is 7. The fourth-order valence-electron chi connectivity index (χ4n) is 4.16. The van der Waals surface area contributed by atoms with Crippen LogP contribution in [0.4, 0.5) is 14.9 Å². The van der Waals surface area contributed by atoms with E-state index < -0.39 is 12.9 Å². The zero-order valence-corrected chi connectivity index (χ0v) is 21.6. The Labute approximate surface area is 233 Å². The van der Waals surface area contributed by atoms with Gasteiger partial charge in [0.2, 0.25) is 13.7 Å². The van der Waals surface area contributed by atoms with Gasteiger partial charge in [0.05, 0.1) is 0 Å². The highest BCUT2D eigenvalue weighted by atomic mass is 35.5. The van der Waals surface area contributed by atoms with Gasteiger partial charge >= 0.3 is 6.03 Å². The van der Waals surface area contributed by atoms with E-state index in [1.807, 2.05) is 30.3 Å². The van der Waals surface area contributed by atoms with Crippen LogP contribution in [0.15, 0.2) is 97.2 Å². The number of carbonyl (C=O) groups excluding carboxylic acids is 1. The largest absolute Gasteiger partial charge is 0.463 e. The number of aromatic nitrogens is 2. The van der Waals surface area contributed by atoms with Gasteiger partial charge in [0, 0.05) is 28.0 Å². The van der Waals surface area contributed by atoms with Gasteiger partial charge < -0.3 is 24.3 Å². The minimum absolute atomic E-state index is 0.163. The van der Waals surface area contributed by atoms with Crippen LogP contribution in [0.1, 0.15) is 0 Å². The number of amides is 1. The van der Waals surface area contributed by atoms with Crippen molar-refractivity contribution in [1.82, 2.24) is 9.78 Å². The lowest BCUT2D eigenvalue weighted by Crippen LogP contribution is -2.19. The summed E-state index contributed by atoms with van der Waals surface area (Å²) in [6.07, 6.45) is 1.67. The Bertz CT molecular complexity index is 1660. The van der Waals surface area contributed by atoms with Crippen LogP contribution in [0.25, 0.3) is 22.4 Å². The molecule has 1 N–H and O–H groups in total. The lowest BCUT2D eigenvalue weighted by molar-refractivity contribution is 0.174. The van der Waals surface area contributed by atoms with E-state index >= 15 is 0 Å². The minimum atomic E-state index is -0.895. The fraction of sp³-hybridized carbons (Fsp3) is 0.0667. The summed E-state index contributed by atoms with van der Waals surface area (Å²) >= 11 is 6.09. The average Bonchev–Trinajstić information content (AvgIpc) is 3.63. The van der Waals surface area contributed by atoms with E-state index in [0.717, 1.165) is 16.7 Å². The van der Waals surface area contributed by atoms with Crippen LogP contribution in [-0.4, -0.2) is 29.5 Å². The molecule has 0 spiro atoms. The Morgan fingerprint density at radius 1 is 0.875 bits per heavy atom. The normalized spacial score (nSPS) is 11.8.